The highest BCUT2D eigenvalue weighted by molar-refractivity contribution is 6.09. The Kier molecular flexibility index (Phi) is 7.10. The van der Waals surface area contributed by atoms with Crippen molar-refractivity contribution >= 4 is 22.8 Å². The second-order valence-corrected chi connectivity index (χ2v) is 10.2. The van der Waals surface area contributed by atoms with Crippen molar-refractivity contribution in [2.45, 2.75) is 64.2 Å². The van der Waals surface area contributed by atoms with Crippen molar-refractivity contribution in [1.82, 2.24) is 25.6 Å². The van der Waals surface area contributed by atoms with Crippen molar-refractivity contribution in [2.24, 2.45) is 5.92 Å². The molecule has 4 N–H and O–H groups in total. The fourth-order valence-corrected chi connectivity index (χ4v) is 4.97. The van der Waals surface area contributed by atoms with Crippen LogP contribution < -0.4 is 15.4 Å². The van der Waals surface area contributed by atoms with Crippen molar-refractivity contribution in [2.75, 3.05) is 13.2 Å². The van der Waals surface area contributed by atoms with Crippen LogP contribution in [0.3, 0.4) is 0 Å². The Morgan fingerprint density at radius 2 is 1.97 bits per heavy atom. The highest BCUT2D eigenvalue weighted by Crippen LogP contribution is 2.37. The van der Waals surface area contributed by atoms with Gasteiger partial charge in [-0.05, 0) is 57.6 Å². The zero-order chi connectivity index (χ0) is 26.1. The van der Waals surface area contributed by atoms with E-state index in [2.05, 4.69) is 25.6 Å². The Labute approximate surface area is 214 Å². The number of nitrogens with zero attached hydrogens (tertiary/aromatic N) is 2. The van der Waals surface area contributed by atoms with Crippen molar-refractivity contribution in [1.29, 1.82) is 0 Å². The lowest BCUT2D eigenvalue weighted by Crippen LogP contribution is -2.50. The summed E-state index contributed by atoms with van der Waals surface area (Å²) in [4.78, 5) is 37.0. The summed E-state index contributed by atoms with van der Waals surface area (Å²) in [5, 5.41) is 14.3. The van der Waals surface area contributed by atoms with Gasteiger partial charge in [-0.25, -0.2) is 14.4 Å². The number of ether oxygens (including phenoxy) is 1. The van der Waals surface area contributed by atoms with Gasteiger partial charge < -0.3 is 25.5 Å². The quantitative estimate of drug-likeness (QED) is 0.369. The first-order chi connectivity index (χ1) is 17.8. The highest BCUT2D eigenvalue weighted by atomic mass is 19.1. The maximum Gasteiger partial charge on any atom is 0.255 e. The fourth-order valence-electron chi connectivity index (χ4n) is 4.97. The van der Waals surface area contributed by atoms with Crippen LogP contribution in [0, 0.1) is 19.8 Å². The normalized spacial score (nSPS) is 21.6. The minimum Gasteiger partial charge on any atom is -0.493 e. The fraction of sp³-hybridized carbons (Fsp3) is 0.481. The molecular formula is C27H32FN5O4. The molecule has 0 spiro atoms. The summed E-state index contributed by atoms with van der Waals surface area (Å²) in [6, 6.07) is 4.92. The largest absolute Gasteiger partial charge is 0.493 e. The number of hydrogen-bond acceptors (Lipinski definition) is 6. The lowest BCUT2D eigenvalue weighted by molar-refractivity contribution is -0.124. The second-order valence-electron chi connectivity index (χ2n) is 10.2. The molecule has 37 heavy (non-hydrogen) atoms. The van der Waals surface area contributed by atoms with E-state index in [0.29, 0.717) is 53.4 Å². The summed E-state index contributed by atoms with van der Waals surface area (Å²) >= 11 is 0. The van der Waals surface area contributed by atoms with E-state index >= 15 is 0 Å². The molecular weight excluding hydrogens is 477 g/mol. The molecule has 3 atom stereocenters. The monoisotopic (exact) mass is 509 g/mol. The van der Waals surface area contributed by atoms with Gasteiger partial charge in [0, 0.05) is 23.7 Å². The number of aliphatic hydroxyl groups is 1. The molecule has 0 radical (unpaired) electrons. The first-order valence-corrected chi connectivity index (χ1v) is 12.8. The number of aromatic nitrogens is 3. The van der Waals surface area contributed by atoms with Crippen LogP contribution in [0.15, 0.2) is 24.5 Å². The standard InChI is InChI=1S/C27H32FN5O4/c1-14-3-8-21(37-12-16-4-5-16)18(9-14)24-26-25(30-13-29-24)23(15(2)31-26)27(36)33-20-7-6-17(10-19(20)28)32-22(35)11-34/h3,8-9,13,16-17,19-20,31,34H,4-7,10-12H2,1-2H3,(H,32,35)(H,33,36)/t17-,19+,20+/m0/s1. The number of amides is 2. The zero-order valence-corrected chi connectivity index (χ0v) is 21.0. The third kappa shape index (κ3) is 5.44. The van der Waals surface area contributed by atoms with Crippen molar-refractivity contribution < 1.29 is 23.8 Å². The van der Waals surface area contributed by atoms with E-state index in [1.54, 1.807) is 6.92 Å². The summed E-state index contributed by atoms with van der Waals surface area (Å²) in [5.74, 6) is 0.400. The lowest BCUT2D eigenvalue weighted by Gasteiger charge is -2.32. The van der Waals surface area contributed by atoms with Crippen LogP contribution in [0.5, 0.6) is 5.75 Å². The number of H-pyrrole nitrogens is 1. The molecule has 196 valence electrons. The molecule has 0 unspecified atom stereocenters. The highest BCUT2D eigenvalue weighted by Gasteiger charge is 2.33. The molecule has 5 rings (SSSR count). The van der Waals surface area contributed by atoms with Crippen LogP contribution in [0.1, 0.15) is 53.7 Å². The number of alkyl halides is 1. The number of aromatic amines is 1. The summed E-state index contributed by atoms with van der Waals surface area (Å²) < 4.78 is 21.0. The van der Waals surface area contributed by atoms with E-state index < -0.39 is 30.6 Å². The van der Waals surface area contributed by atoms with E-state index in [1.165, 1.54) is 19.2 Å². The van der Waals surface area contributed by atoms with Crippen molar-refractivity contribution in [3.05, 3.63) is 41.3 Å². The van der Waals surface area contributed by atoms with Gasteiger partial charge in [0.25, 0.3) is 5.91 Å². The van der Waals surface area contributed by atoms with E-state index in [9.17, 15) is 14.0 Å². The minimum atomic E-state index is -1.32. The van der Waals surface area contributed by atoms with Crippen LogP contribution in [0.2, 0.25) is 0 Å². The number of carbonyl (C=O) groups excluding carboxylic acids is 2. The Balaban J connectivity index is 1.39. The molecule has 2 amide bonds. The van der Waals surface area contributed by atoms with Gasteiger partial charge in [0.2, 0.25) is 5.91 Å². The third-order valence-corrected chi connectivity index (χ3v) is 7.16. The molecule has 10 heteroatoms. The second kappa shape index (κ2) is 10.5. The SMILES string of the molecule is Cc1ccc(OCC2CC2)c(-c2ncnc3c(C(=O)N[C@@H]4CC[C@H](NC(=O)CO)C[C@H]4F)c(C)[nH]c23)c1. The summed E-state index contributed by atoms with van der Waals surface area (Å²) in [6.45, 7) is 3.82. The van der Waals surface area contributed by atoms with Gasteiger partial charge in [0.15, 0.2) is 0 Å². The predicted octanol–water partition coefficient (Wildman–Crippen LogP) is 3.13. The number of hydrogen-bond donors (Lipinski definition) is 4. The molecule has 2 aliphatic rings. The topological polar surface area (TPSA) is 129 Å². The Morgan fingerprint density at radius 1 is 1.16 bits per heavy atom. The summed E-state index contributed by atoms with van der Waals surface area (Å²) in [7, 11) is 0. The maximum atomic E-state index is 14.9. The Bertz CT molecular complexity index is 1320. The van der Waals surface area contributed by atoms with Crippen LogP contribution >= 0.6 is 0 Å². The molecule has 2 fully saturated rings. The van der Waals surface area contributed by atoms with E-state index in [-0.39, 0.29) is 12.5 Å². The smallest absolute Gasteiger partial charge is 0.255 e. The maximum absolute atomic E-state index is 14.9. The molecule has 0 saturated heterocycles. The van der Waals surface area contributed by atoms with E-state index in [0.717, 1.165) is 16.9 Å². The number of aryl methyl sites for hydroxylation is 2. The molecule has 0 aliphatic heterocycles. The minimum absolute atomic E-state index is 0.0763. The average Bonchev–Trinajstić information content (AvgIpc) is 3.64. The van der Waals surface area contributed by atoms with Crippen LogP contribution in [0.25, 0.3) is 22.3 Å². The number of rotatable bonds is 8. The van der Waals surface area contributed by atoms with Gasteiger partial charge in [-0.3, -0.25) is 9.59 Å². The van der Waals surface area contributed by atoms with Crippen LogP contribution in [-0.4, -0.2) is 63.3 Å². The third-order valence-electron chi connectivity index (χ3n) is 7.16. The molecule has 2 heterocycles. The number of halogens is 1. The summed E-state index contributed by atoms with van der Waals surface area (Å²) in [5.41, 5.74) is 4.59. The zero-order valence-electron chi connectivity index (χ0n) is 21.0. The Hall–Kier alpha value is -3.53. The van der Waals surface area contributed by atoms with E-state index in [1.807, 2.05) is 25.1 Å². The van der Waals surface area contributed by atoms with Gasteiger partial charge >= 0.3 is 0 Å². The molecule has 0 bridgehead atoms. The Morgan fingerprint density at radius 3 is 2.70 bits per heavy atom. The molecule has 2 saturated carbocycles. The first-order valence-electron chi connectivity index (χ1n) is 12.8. The number of nitrogens with one attached hydrogen (secondary N) is 3. The van der Waals surface area contributed by atoms with Crippen molar-refractivity contribution in [3.8, 4) is 17.0 Å². The molecule has 2 aliphatic carbocycles. The number of carbonyl (C=O) groups is 2. The van der Waals surface area contributed by atoms with Gasteiger partial charge in [-0.1, -0.05) is 11.6 Å². The van der Waals surface area contributed by atoms with Gasteiger partial charge in [-0.2, -0.15) is 0 Å². The molecule has 9 nitrogen and oxygen atoms in total. The van der Waals surface area contributed by atoms with Gasteiger partial charge in [-0.15, -0.1) is 0 Å². The van der Waals surface area contributed by atoms with E-state index in [4.69, 9.17) is 9.84 Å². The molecule has 1 aromatic carbocycles. The molecule has 3 aromatic rings. The van der Waals surface area contributed by atoms with Gasteiger partial charge in [0.1, 0.15) is 36.1 Å². The first kappa shape index (κ1) is 25.1. The number of benzene rings is 1. The lowest BCUT2D eigenvalue weighted by atomic mass is 9.89. The average molecular weight is 510 g/mol. The van der Waals surface area contributed by atoms with Crippen LogP contribution in [0.4, 0.5) is 4.39 Å². The predicted molar refractivity (Wildman–Crippen MR) is 136 cm³/mol. The van der Waals surface area contributed by atoms with Gasteiger partial charge in [0.05, 0.1) is 23.7 Å². The van der Waals surface area contributed by atoms with Crippen LogP contribution in [-0.2, 0) is 4.79 Å². The molecule has 2 aromatic heterocycles. The number of fused-ring (bicyclic) bond motifs is 1. The van der Waals surface area contributed by atoms with Crippen molar-refractivity contribution in [3.63, 3.8) is 0 Å². The number of aliphatic hydroxyl groups excluding tert-OH is 1. The summed E-state index contributed by atoms with van der Waals surface area (Å²) in [6.07, 6.45) is 3.44.